The molecule has 0 fully saturated rings. The number of nitro groups is 1. The van der Waals surface area contributed by atoms with Gasteiger partial charge in [-0.1, -0.05) is 0 Å². The molecule has 0 atom stereocenters. The number of aromatic nitrogens is 2. The number of hydrogen-bond acceptors (Lipinski definition) is 6. The summed E-state index contributed by atoms with van der Waals surface area (Å²) in [7, 11) is 3.43. The number of imidazole rings is 1. The number of nitro benzene ring substituents is 1. The Bertz CT molecular complexity index is 886. The van der Waals surface area contributed by atoms with E-state index in [2.05, 4.69) is 10.3 Å². The molecular formula is C15H15N5O3S. The third-order valence-corrected chi connectivity index (χ3v) is 4.26. The number of benzene rings is 1. The predicted molar refractivity (Wildman–Crippen MR) is 91.7 cm³/mol. The van der Waals surface area contributed by atoms with Crippen molar-refractivity contribution in [2.75, 3.05) is 19.0 Å². The number of nitrogens with one attached hydrogen (secondary N) is 1. The fourth-order valence-electron chi connectivity index (χ4n) is 2.32. The highest BCUT2D eigenvalue weighted by Gasteiger charge is 2.18. The molecule has 0 unspecified atom stereocenters. The van der Waals surface area contributed by atoms with E-state index in [-0.39, 0.29) is 23.7 Å². The van der Waals surface area contributed by atoms with Gasteiger partial charge in [0, 0.05) is 43.5 Å². The number of carbonyl (C=O) groups is 1. The van der Waals surface area contributed by atoms with Crippen molar-refractivity contribution < 1.29 is 9.72 Å². The van der Waals surface area contributed by atoms with E-state index in [1.807, 2.05) is 22.2 Å². The van der Waals surface area contributed by atoms with Crippen molar-refractivity contribution >= 4 is 33.6 Å². The van der Waals surface area contributed by atoms with Crippen molar-refractivity contribution in [3.8, 4) is 0 Å². The van der Waals surface area contributed by atoms with Crippen LogP contribution >= 0.6 is 11.3 Å². The van der Waals surface area contributed by atoms with Crippen molar-refractivity contribution in [1.82, 2.24) is 14.7 Å². The van der Waals surface area contributed by atoms with E-state index in [9.17, 15) is 14.9 Å². The van der Waals surface area contributed by atoms with Crippen molar-refractivity contribution in [3.05, 3.63) is 57.3 Å². The summed E-state index contributed by atoms with van der Waals surface area (Å²) < 4.78 is 1.88. The van der Waals surface area contributed by atoms with E-state index in [4.69, 9.17) is 0 Å². The standard InChI is InChI=1S/C15H15N5O3S/c1-18(2)12-4-3-10(7-13(12)20(22)23)14(21)16-8-11-9-19-5-6-24-15(19)17-11/h3-7,9H,8H2,1-2H3,(H,16,21). The van der Waals surface area contributed by atoms with Crippen LogP contribution in [-0.2, 0) is 6.54 Å². The van der Waals surface area contributed by atoms with Gasteiger partial charge in [0.2, 0.25) is 0 Å². The number of rotatable bonds is 5. The Labute approximate surface area is 141 Å². The first-order chi connectivity index (χ1) is 11.5. The van der Waals surface area contributed by atoms with Crippen molar-refractivity contribution in [1.29, 1.82) is 0 Å². The zero-order valence-corrected chi connectivity index (χ0v) is 13.9. The van der Waals surface area contributed by atoms with Gasteiger partial charge in [0.15, 0.2) is 4.96 Å². The number of carbonyl (C=O) groups excluding carboxylic acids is 1. The van der Waals surface area contributed by atoms with E-state index in [0.29, 0.717) is 5.69 Å². The van der Waals surface area contributed by atoms with Gasteiger partial charge in [-0.2, -0.15) is 0 Å². The molecule has 1 amide bonds. The molecule has 124 valence electrons. The van der Waals surface area contributed by atoms with Crippen LogP contribution in [0.1, 0.15) is 16.1 Å². The predicted octanol–water partition coefficient (Wildman–Crippen LogP) is 2.30. The molecule has 24 heavy (non-hydrogen) atoms. The second-order valence-electron chi connectivity index (χ2n) is 5.36. The SMILES string of the molecule is CN(C)c1ccc(C(=O)NCc2cn3ccsc3n2)cc1[N+](=O)[O-]. The molecule has 0 spiro atoms. The van der Waals surface area contributed by atoms with Gasteiger partial charge in [0.1, 0.15) is 5.69 Å². The third-order valence-electron chi connectivity index (χ3n) is 3.49. The lowest BCUT2D eigenvalue weighted by atomic mass is 10.1. The molecule has 0 bridgehead atoms. The molecule has 0 aliphatic rings. The number of fused-ring (bicyclic) bond motifs is 1. The molecule has 0 saturated heterocycles. The maximum Gasteiger partial charge on any atom is 0.293 e. The van der Waals surface area contributed by atoms with Crippen LogP contribution in [0.3, 0.4) is 0 Å². The lowest BCUT2D eigenvalue weighted by Gasteiger charge is -2.13. The summed E-state index contributed by atoms with van der Waals surface area (Å²) in [4.78, 5) is 29.8. The first kappa shape index (κ1) is 15.9. The molecule has 1 aromatic carbocycles. The summed E-state index contributed by atoms with van der Waals surface area (Å²) in [5.74, 6) is -0.375. The fraction of sp³-hybridized carbons (Fsp3) is 0.200. The second-order valence-corrected chi connectivity index (χ2v) is 6.24. The molecule has 9 heteroatoms. The van der Waals surface area contributed by atoms with Gasteiger partial charge in [0.05, 0.1) is 17.2 Å². The van der Waals surface area contributed by atoms with Gasteiger partial charge in [-0.25, -0.2) is 4.98 Å². The van der Waals surface area contributed by atoms with Crippen LogP contribution < -0.4 is 10.2 Å². The zero-order chi connectivity index (χ0) is 17.3. The molecule has 0 radical (unpaired) electrons. The molecule has 2 aromatic heterocycles. The van der Waals surface area contributed by atoms with Crippen molar-refractivity contribution in [2.24, 2.45) is 0 Å². The normalized spacial score (nSPS) is 10.8. The second kappa shape index (κ2) is 6.28. The summed E-state index contributed by atoms with van der Waals surface area (Å²) in [5, 5.41) is 15.8. The number of thiazole rings is 1. The average molecular weight is 345 g/mol. The smallest absolute Gasteiger partial charge is 0.293 e. The van der Waals surface area contributed by atoms with Gasteiger partial charge < -0.3 is 10.2 Å². The maximum absolute atomic E-state index is 12.2. The Balaban J connectivity index is 1.75. The Morgan fingerprint density at radius 3 is 2.92 bits per heavy atom. The molecule has 0 saturated carbocycles. The van der Waals surface area contributed by atoms with E-state index >= 15 is 0 Å². The van der Waals surface area contributed by atoms with Gasteiger partial charge >= 0.3 is 0 Å². The Kier molecular flexibility index (Phi) is 4.17. The number of anilines is 1. The molecule has 0 aliphatic carbocycles. The van der Waals surface area contributed by atoms with Gasteiger partial charge in [-0.3, -0.25) is 19.3 Å². The molecule has 2 heterocycles. The quantitative estimate of drug-likeness (QED) is 0.566. The van der Waals surface area contributed by atoms with E-state index < -0.39 is 4.92 Å². The van der Waals surface area contributed by atoms with Crippen LogP contribution in [0.25, 0.3) is 4.96 Å². The summed E-state index contributed by atoms with van der Waals surface area (Å²) in [6.45, 7) is 0.260. The first-order valence-corrected chi connectivity index (χ1v) is 7.98. The lowest BCUT2D eigenvalue weighted by Crippen LogP contribution is -2.23. The number of hydrogen-bond donors (Lipinski definition) is 1. The van der Waals surface area contributed by atoms with E-state index in [0.717, 1.165) is 10.7 Å². The zero-order valence-electron chi connectivity index (χ0n) is 13.1. The monoisotopic (exact) mass is 345 g/mol. The Morgan fingerprint density at radius 2 is 2.25 bits per heavy atom. The molecule has 3 rings (SSSR count). The summed E-state index contributed by atoms with van der Waals surface area (Å²) in [5.41, 5.74) is 1.32. The van der Waals surface area contributed by atoms with Gasteiger partial charge in [-0.05, 0) is 12.1 Å². The molecule has 0 aliphatic heterocycles. The maximum atomic E-state index is 12.2. The van der Waals surface area contributed by atoms with E-state index in [1.165, 1.54) is 17.4 Å². The topological polar surface area (TPSA) is 92.8 Å². The van der Waals surface area contributed by atoms with Crippen LogP contribution in [0.5, 0.6) is 0 Å². The summed E-state index contributed by atoms with van der Waals surface area (Å²) in [6, 6.07) is 4.43. The van der Waals surface area contributed by atoms with Crippen molar-refractivity contribution in [3.63, 3.8) is 0 Å². The largest absolute Gasteiger partial charge is 0.372 e. The summed E-state index contributed by atoms with van der Waals surface area (Å²) >= 11 is 1.51. The van der Waals surface area contributed by atoms with Crippen LogP contribution in [0.2, 0.25) is 0 Å². The lowest BCUT2D eigenvalue weighted by molar-refractivity contribution is -0.384. The minimum absolute atomic E-state index is 0.102. The van der Waals surface area contributed by atoms with Crippen LogP contribution in [0.4, 0.5) is 11.4 Å². The van der Waals surface area contributed by atoms with Crippen LogP contribution in [0.15, 0.2) is 36.0 Å². The minimum Gasteiger partial charge on any atom is -0.372 e. The third kappa shape index (κ3) is 3.06. The number of nitrogens with zero attached hydrogens (tertiary/aromatic N) is 4. The molecular weight excluding hydrogens is 330 g/mol. The number of amides is 1. The highest BCUT2D eigenvalue weighted by Crippen LogP contribution is 2.27. The molecule has 3 aromatic rings. The highest BCUT2D eigenvalue weighted by atomic mass is 32.1. The van der Waals surface area contributed by atoms with Gasteiger partial charge in [0.25, 0.3) is 11.6 Å². The molecule has 8 nitrogen and oxygen atoms in total. The Morgan fingerprint density at radius 1 is 1.46 bits per heavy atom. The van der Waals surface area contributed by atoms with Crippen LogP contribution in [-0.4, -0.2) is 34.3 Å². The van der Waals surface area contributed by atoms with Gasteiger partial charge in [-0.15, -0.1) is 11.3 Å². The van der Waals surface area contributed by atoms with Crippen molar-refractivity contribution in [2.45, 2.75) is 6.54 Å². The summed E-state index contributed by atoms with van der Waals surface area (Å²) in [6.07, 6.45) is 3.73. The highest BCUT2D eigenvalue weighted by molar-refractivity contribution is 7.15. The molecule has 1 N–H and O–H groups in total. The fourth-order valence-corrected chi connectivity index (χ4v) is 3.04. The first-order valence-electron chi connectivity index (χ1n) is 7.11. The Hall–Kier alpha value is -2.94. The van der Waals surface area contributed by atoms with Crippen LogP contribution in [0, 0.1) is 10.1 Å². The van der Waals surface area contributed by atoms with E-state index in [1.54, 1.807) is 31.1 Å². The minimum atomic E-state index is -0.490. The average Bonchev–Trinajstić information content (AvgIpc) is 3.13.